The van der Waals surface area contributed by atoms with E-state index in [4.69, 9.17) is 10.3 Å². The first kappa shape index (κ1) is 12.4. The van der Waals surface area contributed by atoms with Crippen LogP contribution in [0.5, 0.6) is 0 Å². The van der Waals surface area contributed by atoms with E-state index in [9.17, 15) is 0 Å². The average Bonchev–Trinajstić information content (AvgIpc) is 2.81. The molecular weight excluding hydrogens is 216 g/mol. The summed E-state index contributed by atoms with van der Waals surface area (Å²) in [5, 5.41) is 4.06. The maximum atomic E-state index is 5.90. The van der Waals surface area contributed by atoms with Crippen molar-refractivity contribution >= 4 is 5.95 Å². The van der Waals surface area contributed by atoms with E-state index in [2.05, 4.69) is 28.9 Å². The highest BCUT2D eigenvalue weighted by atomic mass is 16.5. The Morgan fingerprint density at radius 1 is 1.24 bits per heavy atom. The molecule has 0 spiro atoms. The van der Waals surface area contributed by atoms with Gasteiger partial charge in [0.2, 0.25) is 5.89 Å². The molecule has 1 aliphatic carbocycles. The summed E-state index contributed by atoms with van der Waals surface area (Å²) in [5.74, 6) is 1.92. The molecule has 1 aromatic heterocycles. The van der Waals surface area contributed by atoms with Gasteiger partial charge in [-0.3, -0.25) is 0 Å². The number of hydrogen-bond acceptors (Lipinski definition) is 5. The molecule has 0 bridgehead atoms. The van der Waals surface area contributed by atoms with Crippen LogP contribution in [0.4, 0.5) is 5.95 Å². The van der Waals surface area contributed by atoms with Gasteiger partial charge in [0.25, 0.3) is 5.95 Å². The number of aromatic nitrogens is 2. The molecule has 1 aromatic rings. The van der Waals surface area contributed by atoms with Crippen molar-refractivity contribution in [3.05, 3.63) is 5.89 Å². The van der Waals surface area contributed by atoms with Crippen LogP contribution in [0.15, 0.2) is 4.52 Å². The van der Waals surface area contributed by atoms with Crippen molar-refractivity contribution in [3.63, 3.8) is 0 Å². The molecule has 0 atom stereocenters. The third-order valence-corrected chi connectivity index (χ3v) is 3.60. The van der Waals surface area contributed by atoms with Gasteiger partial charge in [0.1, 0.15) is 0 Å². The highest BCUT2D eigenvalue weighted by Crippen LogP contribution is 2.31. The second-order valence-electron chi connectivity index (χ2n) is 4.72. The van der Waals surface area contributed by atoms with Crippen LogP contribution in [0, 0.1) is 0 Å². The van der Waals surface area contributed by atoms with Gasteiger partial charge in [-0.25, -0.2) is 0 Å². The standard InChI is InChI=1S/C12H22N4O/c1-3-16(4-2)12-14-11(17-15-12)9-5-7-10(13)8-6-9/h9-10H,3-8,13H2,1-2H3. The van der Waals surface area contributed by atoms with Crippen molar-refractivity contribution in [1.82, 2.24) is 10.1 Å². The van der Waals surface area contributed by atoms with Gasteiger partial charge in [-0.15, -0.1) is 0 Å². The van der Waals surface area contributed by atoms with Gasteiger partial charge >= 0.3 is 0 Å². The molecule has 0 radical (unpaired) electrons. The lowest BCUT2D eigenvalue weighted by molar-refractivity contribution is 0.301. The lowest BCUT2D eigenvalue weighted by Gasteiger charge is -2.23. The fraction of sp³-hybridized carbons (Fsp3) is 0.833. The van der Waals surface area contributed by atoms with Crippen LogP contribution in [-0.2, 0) is 0 Å². The molecule has 1 heterocycles. The van der Waals surface area contributed by atoms with Crippen molar-refractivity contribution in [1.29, 1.82) is 0 Å². The van der Waals surface area contributed by atoms with Gasteiger partial charge in [0, 0.05) is 25.0 Å². The van der Waals surface area contributed by atoms with Crippen LogP contribution >= 0.6 is 0 Å². The Hall–Kier alpha value is -1.10. The quantitative estimate of drug-likeness (QED) is 0.867. The maximum Gasteiger partial charge on any atom is 0.266 e. The first-order chi connectivity index (χ1) is 8.24. The highest BCUT2D eigenvalue weighted by molar-refractivity contribution is 5.27. The van der Waals surface area contributed by atoms with E-state index in [1.54, 1.807) is 0 Å². The van der Waals surface area contributed by atoms with Crippen LogP contribution in [0.3, 0.4) is 0 Å². The predicted octanol–water partition coefficient (Wildman–Crippen LogP) is 1.90. The fourth-order valence-electron chi connectivity index (χ4n) is 2.39. The minimum Gasteiger partial charge on any atom is -0.339 e. The first-order valence-corrected chi connectivity index (χ1v) is 6.58. The summed E-state index contributed by atoms with van der Waals surface area (Å²) in [4.78, 5) is 6.61. The molecule has 0 aliphatic heterocycles. The number of hydrogen-bond donors (Lipinski definition) is 1. The summed E-state index contributed by atoms with van der Waals surface area (Å²) in [7, 11) is 0. The van der Waals surface area contributed by atoms with E-state index in [-0.39, 0.29) is 0 Å². The predicted molar refractivity (Wildman–Crippen MR) is 67.0 cm³/mol. The number of anilines is 1. The lowest BCUT2D eigenvalue weighted by Crippen LogP contribution is -2.26. The Labute approximate surface area is 102 Å². The molecule has 2 rings (SSSR count). The van der Waals surface area contributed by atoms with Gasteiger partial charge in [0.05, 0.1) is 0 Å². The van der Waals surface area contributed by atoms with E-state index in [1.807, 2.05) is 0 Å². The smallest absolute Gasteiger partial charge is 0.266 e. The Kier molecular flexibility index (Phi) is 3.99. The molecule has 5 heteroatoms. The second-order valence-corrected chi connectivity index (χ2v) is 4.72. The zero-order valence-corrected chi connectivity index (χ0v) is 10.7. The molecule has 96 valence electrons. The number of nitrogens with two attached hydrogens (primary N) is 1. The molecule has 1 aliphatic rings. The monoisotopic (exact) mass is 238 g/mol. The molecule has 1 saturated carbocycles. The summed E-state index contributed by atoms with van der Waals surface area (Å²) >= 11 is 0. The Balaban J connectivity index is 2.02. The maximum absolute atomic E-state index is 5.90. The lowest BCUT2D eigenvalue weighted by atomic mass is 9.86. The van der Waals surface area contributed by atoms with Crippen molar-refractivity contribution in [3.8, 4) is 0 Å². The fourth-order valence-corrected chi connectivity index (χ4v) is 2.39. The van der Waals surface area contributed by atoms with Crippen LogP contribution in [0.2, 0.25) is 0 Å². The zero-order valence-electron chi connectivity index (χ0n) is 10.7. The van der Waals surface area contributed by atoms with E-state index < -0.39 is 0 Å². The Morgan fingerprint density at radius 2 is 1.88 bits per heavy atom. The van der Waals surface area contributed by atoms with Gasteiger partial charge in [-0.05, 0) is 44.7 Å². The third kappa shape index (κ3) is 2.77. The van der Waals surface area contributed by atoms with E-state index in [0.717, 1.165) is 50.6 Å². The van der Waals surface area contributed by atoms with Crippen LogP contribution in [0.25, 0.3) is 0 Å². The Morgan fingerprint density at radius 3 is 2.47 bits per heavy atom. The van der Waals surface area contributed by atoms with Crippen LogP contribution in [-0.4, -0.2) is 29.3 Å². The number of nitrogens with zero attached hydrogens (tertiary/aromatic N) is 3. The van der Waals surface area contributed by atoms with E-state index in [0.29, 0.717) is 12.0 Å². The normalized spacial score (nSPS) is 24.9. The molecular formula is C12H22N4O. The highest BCUT2D eigenvalue weighted by Gasteiger charge is 2.25. The molecule has 0 aromatic carbocycles. The summed E-state index contributed by atoms with van der Waals surface area (Å²) < 4.78 is 5.38. The molecule has 5 nitrogen and oxygen atoms in total. The van der Waals surface area contributed by atoms with Crippen molar-refractivity contribution in [2.24, 2.45) is 5.73 Å². The molecule has 1 fully saturated rings. The zero-order chi connectivity index (χ0) is 12.3. The summed E-state index contributed by atoms with van der Waals surface area (Å²) in [6, 6.07) is 0.358. The molecule has 2 N–H and O–H groups in total. The van der Waals surface area contributed by atoms with Gasteiger partial charge in [-0.2, -0.15) is 4.98 Å². The molecule has 0 saturated heterocycles. The molecule has 0 unspecified atom stereocenters. The van der Waals surface area contributed by atoms with Gasteiger partial charge in [-0.1, -0.05) is 0 Å². The van der Waals surface area contributed by atoms with Crippen LogP contribution in [0.1, 0.15) is 51.3 Å². The SMILES string of the molecule is CCN(CC)c1noc(C2CCC(N)CC2)n1. The first-order valence-electron chi connectivity index (χ1n) is 6.58. The summed E-state index contributed by atoms with van der Waals surface area (Å²) in [5.41, 5.74) is 5.90. The van der Waals surface area contributed by atoms with Crippen molar-refractivity contribution < 1.29 is 4.52 Å². The van der Waals surface area contributed by atoms with Gasteiger partial charge in [0.15, 0.2) is 0 Å². The summed E-state index contributed by atoms with van der Waals surface area (Å²) in [6.45, 7) is 6.01. The number of rotatable bonds is 4. The molecule has 0 amide bonds. The second kappa shape index (κ2) is 5.49. The summed E-state index contributed by atoms with van der Waals surface area (Å²) in [6.07, 6.45) is 4.27. The largest absolute Gasteiger partial charge is 0.339 e. The van der Waals surface area contributed by atoms with E-state index in [1.165, 1.54) is 0 Å². The molecule has 17 heavy (non-hydrogen) atoms. The van der Waals surface area contributed by atoms with Crippen molar-refractivity contribution in [2.75, 3.05) is 18.0 Å². The van der Waals surface area contributed by atoms with Gasteiger partial charge < -0.3 is 15.2 Å². The third-order valence-electron chi connectivity index (χ3n) is 3.60. The topological polar surface area (TPSA) is 68.2 Å². The average molecular weight is 238 g/mol. The van der Waals surface area contributed by atoms with Crippen molar-refractivity contribution in [2.45, 2.75) is 51.5 Å². The minimum atomic E-state index is 0.358. The van der Waals surface area contributed by atoms with Crippen LogP contribution < -0.4 is 10.6 Å². The van der Waals surface area contributed by atoms with E-state index >= 15 is 0 Å². The Bertz CT molecular complexity index is 340. The minimum absolute atomic E-state index is 0.358.